The van der Waals surface area contributed by atoms with Crippen molar-refractivity contribution in [2.24, 2.45) is 5.73 Å². The Morgan fingerprint density at radius 1 is 1.33 bits per heavy atom. The molecule has 0 saturated carbocycles. The van der Waals surface area contributed by atoms with Crippen LogP contribution in [0.2, 0.25) is 5.02 Å². The molecule has 116 valence electrons. The zero-order valence-corrected chi connectivity index (χ0v) is 12.0. The van der Waals surface area contributed by atoms with Gasteiger partial charge in [0.25, 0.3) is 10.2 Å². The summed E-state index contributed by atoms with van der Waals surface area (Å²) in [6.07, 6.45) is -4.66. The zero-order valence-electron chi connectivity index (χ0n) is 10.5. The quantitative estimate of drug-likeness (QED) is 0.725. The SMILES string of the molecule is NCC#Cc1cc(Cl)ccc1NS(=O)(=O)NCC(F)(F)F. The summed E-state index contributed by atoms with van der Waals surface area (Å²) in [5.74, 6) is 5.07. The van der Waals surface area contributed by atoms with E-state index in [1.807, 2.05) is 4.72 Å². The van der Waals surface area contributed by atoms with E-state index in [0.717, 1.165) is 0 Å². The van der Waals surface area contributed by atoms with E-state index in [9.17, 15) is 21.6 Å². The van der Waals surface area contributed by atoms with Crippen molar-refractivity contribution in [3.63, 3.8) is 0 Å². The molecule has 0 bridgehead atoms. The normalized spacial score (nSPS) is 11.7. The summed E-state index contributed by atoms with van der Waals surface area (Å²) < 4.78 is 62.4. The Bertz CT molecular complexity index is 666. The van der Waals surface area contributed by atoms with Crippen molar-refractivity contribution < 1.29 is 21.6 Å². The molecule has 21 heavy (non-hydrogen) atoms. The van der Waals surface area contributed by atoms with Gasteiger partial charge < -0.3 is 5.73 Å². The van der Waals surface area contributed by atoms with Crippen LogP contribution in [-0.4, -0.2) is 27.7 Å². The summed E-state index contributed by atoms with van der Waals surface area (Å²) in [6.45, 7) is -1.65. The fourth-order valence-electron chi connectivity index (χ4n) is 1.21. The van der Waals surface area contributed by atoms with Gasteiger partial charge in [0, 0.05) is 5.02 Å². The maximum atomic E-state index is 12.0. The van der Waals surface area contributed by atoms with Crippen molar-refractivity contribution in [1.29, 1.82) is 0 Å². The standard InChI is InChI=1S/C11H11ClF3N3O2S/c12-9-3-4-10(8(6-9)2-1-5-16)18-21(19,20)17-7-11(13,14)15/h3-4,6,17-18H,5,7,16H2. The Labute approximate surface area is 124 Å². The molecule has 1 aromatic carbocycles. The van der Waals surface area contributed by atoms with Gasteiger partial charge in [-0.2, -0.15) is 26.3 Å². The molecule has 0 amide bonds. The van der Waals surface area contributed by atoms with Crippen LogP contribution in [0.15, 0.2) is 18.2 Å². The van der Waals surface area contributed by atoms with Gasteiger partial charge in [0.15, 0.2) is 0 Å². The van der Waals surface area contributed by atoms with Crippen LogP contribution >= 0.6 is 11.6 Å². The summed E-state index contributed by atoms with van der Waals surface area (Å²) in [5.41, 5.74) is 5.40. The first-order valence-corrected chi connectivity index (χ1v) is 7.32. The van der Waals surface area contributed by atoms with Gasteiger partial charge in [0.2, 0.25) is 0 Å². The van der Waals surface area contributed by atoms with Crippen LogP contribution < -0.4 is 15.2 Å². The first-order valence-electron chi connectivity index (χ1n) is 5.45. The van der Waals surface area contributed by atoms with Crippen LogP contribution in [0.1, 0.15) is 5.56 Å². The van der Waals surface area contributed by atoms with Crippen molar-refractivity contribution in [3.8, 4) is 11.8 Å². The van der Waals surface area contributed by atoms with E-state index in [-0.39, 0.29) is 17.8 Å². The summed E-state index contributed by atoms with van der Waals surface area (Å²) in [6, 6.07) is 4.03. The molecule has 0 unspecified atom stereocenters. The highest BCUT2D eigenvalue weighted by molar-refractivity contribution is 7.90. The Morgan fingerprint density at radius 3 is 2.57 bits per heavy atom. The third kappa shape index (κ3) is 6.68. The second kappa shape index (κ2) is 7.00. The third-order valence-electron chi connectivity index (χ3n) is 2.01. The van der Waals surface area contributed by atoms with Crippen molar-refractivity contribution >= 4 is 27.5 Å². The Kier molecular flexibility index (Phi) is 5.86. The molecule has 0 saturated heterocycles. The van der Waals surface area contributed by atoms with Crippen LogP contribution in [0, 0.1) is 11.8 Å². The lowest BCUT2D eigenvalue weighted by molar-refractivity contribution is -0.121. The minimum absolute atomic E-state index is 0.00461. The average molecular weight is 342 g/mol. The molecule has 0 aliphatic carbocycles. The highest BCUT2D eigenvalue weighted by Crippen LogP contribution is 2.21. The molecule has 0 aliphatic rings. The van der Waals surface area contributed by atoms with E-state index < -0.39 is 22.9 Å². The molecule has 0 fully saturated rings. The summed E-state index contributed by atoms with van der Waals surface area (Å²) >= 11 is 5.75. The zero-order chi connectivity index (χ0) is 16.1. The number of benzene rings is 1. The molecule has 0 spiro atoms. The smallest absolute Gasteiger partial charge is 0.320 e. The van der Waals surface area contributed by atoms with E-state index >= 15 is 0 Å². The van der Waals surface area contributed by atoms with E-state index in [4.69, 9.17) is 17.3 Å². The van der Waals surface area contributed by atoms with Gasteiger partial charge in [0.05, 0.1) is 17.8 Å². The highest BCUT2D eigenvalue weighted by Gasteiger charge is 2.29. The van der Waals surface area contributed by atoms with Gasteiger partial charge in [-0.25, -0.2) is 0 Å². The lowest BCUT2D eigenvalue weighted by atomic mass is 10.2. The van der Waals surface area contributed by atoms with Crippen LogP contribution in [0.5, 0.6) is 0 Å². The largest absolute Gasteiger partial charge is 0.402 e. The Morgan fingerprint density at radius 2 is 2.00 bits per heavy atom. The van der Waals surface area contributed by atoms with Crippen LogP contribution in [-0.2, 0) is 10.2 Å². The molecular weight excluding hydrogens is 331 g/mol. The van der Waals surface area contributed by atoms with Crippen LogP contribution in [0.25, 0.3) is 0 Å². The summed E-state index contributed by atoms with van der Waals surface area (Å²) in [5, 5.41) is 0.294. The Balaban J connectivity index is 2.96. The fraction of sp³-hybridized carbons (Fsp3) is 0.273. The number of rotatable bonds is 4. The van der Waals surface area contributed by atoms with Gasteiger partial charge in [-0.1, -0.05) is 23.4 Å². The summed E-state index contributed by atoms with van der Waals surface area (Å²) in [7, 11) is -4.39. The second-order valence-corrected chi connectivity index (χ2v) is 5.67. The van der Waals surface area contributed by atoms with Crippen molar-refractivity contribution in [2.75, 3.05) is 17.8 Å². The van der Waals surface area contributed by atoms with E-state index in [1.165, 1.54) is 22.9 Å². The molecule has 0 radical (unpaired) electrons. The van der Waals surface area contributed by atoms with Crippen LogP contribution in [0.3, 0.4) is 0 Å². The van der Waals surface area contributed by atoms with Gasteiger partial charge in [0.1, 0.15) is 6.54 Å². The molecule has 0 atom stereocenters. The number of alkyl halides is 3. The molecule has 1 aromatic rings. The van der Waals surface area contributed by atoms with E-state index in [1.54, 1.807) is 0 Å². The maximum Gasteiger partial charge on any atom is 0.402 e. The van der Waals surface area contributed by atoms with E-state index in [0.29, 0.717) is 5.02 Å². The van der Waals surface area contributed by atoms with Crippen LogP contribution in [0.4, 0.5) is 18.9 Å². The van der Waals surface area contributed by atoms with E-state index in [2.05, 4.69) is 11.8 Å². The number of hydrogen-bond acceptors (Lipinski definition) is 3. The molecule has 1 rings (SSSR count). The highest BCUT2D eigenvalue weighted by atomic mass is 35.5. The lowest BCUT2D eigenvalue weighted by Gasteiger charge is -2.12. The second-order valence-electron chi connectivity index (χ2n) is 3.74. The molecular formula is C11H11ClF3N3O2S. The predicted molar refractivity (Wildman–Crippen MR) is 74.0 cm³/mol. The first kappa shape index (κ1) is 17.6. The monoisotopic (exact) mass is 341 g/mol. The molecule has 0 heterocycles. The number of halogens is 4. The molecule has 0 aromatic heterocycles. The minimum Gasteiger partial charge on any atom is -0.320 e. The first-order chi connectivity index (χ1) is 9.63. The minimum atomic E-state index is -4.66. The number of nitrogens with two attached hydrogens (primary N) is 1. The molecule has 10 heteroatoms. The fourth-order valence-corrected chi connectivity index (χ4v) is 2.28. The van der Waals surface area contributed by atoms with Gasteiger partial charge >= 0.3 is 6.18 Å². The molecule has 4 N–H and O–H groups in total. The predicted octanol–water partition coefficient (Wildman–Crippen LogP) is 1.46. The number of anilines is 1. The van der Waals surface area contributed by atoms with Gasteiger partial charge in [-0.3, -0.25) is 4.72 Å². The average Bonchev–Trinajstić information content (AvgIpc) is 2.36. The van der Waals surface area contributed by atoms with Crippen molar-refractivity contribution in [3.05, 3.63) is 28.8 Å². The molecule has 0 aliphatic heterocycles. The third-order valence-corrected chi connectivity index (χ3v) is 3.26. The Hall–Kier alpha value is -1.47. The van der Waals surface area contributed by atoms with Crippen molar-refractivity contribution in [2.45, 2.75) is 6.18 Å². The van der Waals surface area contributed by atoms with Crippen molar-refractivity contribution in [1.82, 2.24) is 4.72 Å². The van der Waals surface area contributed by atoms with Gasteiger partial charge in [-0.05, 0) is 18.2 Å². The maximum absolute atomic E-state index is 12.0. The number of hydrogen-bond donors (Lipinski definition) is 3. The lowest BCUT2D eigenvalue weighted by Crippen LogP contribution is -2.37. The topological polar surface area (TPSA) is 84.2 Å². The molecule has 5 nitrogen and oxygen atoms in total. The summed E-state index contributed by atoms with van der Waals surface area (Å²) in [4.78, 5) is 0. The number of nitrogens with one attached hydrogen (secondary N) is 2. The van der Waals surface area contributed by atoms with Gasteiger partial charge in [-0.15, -0.1) is 0 Å².